The van der Waals surface area contributed by atoms with Crippen LogP contribution in [0.3, 0.4) is 0 Å². The SMILES string of the molecule is C[C@H](Nc1nnc(-c2ccc(Cl)nc2C(F)F)o1)C(=O)N1CCC2(CC1)CC2. The van der Waals surface area contributed by atoms with Crippen LogP contribution in [-0.4, -0.2) is 45.1 Å². The lowest BCUT2D eigenvalue weighted by Crippen LogP contribution is -2.45. The number of carbonyl (C=O) groups excluding carboxylic acids is 1. The molecule has 1 amide bonds. The minimum Gasteiger partial charge on any atom is -0.403 e. The predicted molar refractivity (Wildman–Crippen MR) is 98.1 cm³/mol. The molecule has 7 nitrogen and oxygen atoms in total. The molecule has 0 bridgehead atoms. The molecule has 28 heavy (non-hydrogen) atoms. The zero-order chi connectivity index (χ0) is 19.9. The molecule has 1 saturated heterocycles. The van der Waals surface area contributed by atoms with Crippen LogP contribution in [0.2, 0.25) is 5.15 Å². The lowest BCUT2D eigenvalue weighted by Gasteiger charge is -2.33. The van der Waals surface area contributed by atoms with Gasteiger partial charge < -0.3 is 14.6 Å². The smallest absolute Gasteiger partial charge is 0.316 e. The van der Waals surface area contributed by atoms with Crippen molar-refractivity contribution < 1.29 is 18.0 Å². The van der Waals surface area contributed by atoms with Crippen molar-refractivity contribution in [3.8, 4) is 11.5 Å². The highest BCUT2D eigenvalue weighted by molar-refractivity contribution is 6.29. The Hall–Kier alpha value is -2.29. The molecule has 4 rings (SSSR count). The second-order valence-electron chi connectivity index (χ2n) is 7.47. The summed E-state index contributed by atoms with van der Waals surface area (Å²) in [5, 5.41) is 10.4. The monoisotopic (exact) mass is 411 g/mol. The summed E-state index contributed by atoms with van der Waals surface area (Å²) in [5.74, 6) is -0.160. The van der Waals surface area contributed by atoms with Crippen molar-refractivity contribution in [2.24, 2.45) is 5.41 Å². The number of rotatable bonds is 5. The van der Waals surface area contributed by atoms with Crippen molar-refractivity contribution in [3.63, 3.8) is 0 Å². The van der Waals surface area contributed by atoms with Crippen molar-refractivity contribution in [1.82, 2.24) is 20.1 Å². The van der Waals surface area contributed by atoms with E-state index in [1.165, 1.54) is 25.0 Å². The number of anilines is 1. The zero-order valence-electron chi connectivity index (χ0n) is 15.3. The zero-order valence-corrected chi connectivity index (χ0v) is 16.0. The molecule has 1 aliphatic carbocycles. The van der Waals surface area contributed by atoms with E-state index in [1.807, 2.05) is 4.90 Å². The molecular weight excluding hydrogens is 392 g/mol. The van der Waals surface area contributed by atoms with Gasteiger partial charge in [0.15, 0.2) is 0 Å². The van der Waals surface area contributed by atoms with Crippen LogP contribution in [0.4, 0.5) is 14.8 Å². The van der Waals surface area contributed by atoms with E-state index >= 15 is 0 Å². The molecule has 0 aromatic carbocycles. The average Bonchev–Trinajstić information content (AvgIpc) is 3.26. The molecule has 3 heterocycles. The van der Waals surface area contributed by atoms with Crippen LogP contribution in [-0.2, 0) is 4.79 Å². The van der Waals surface area contributed by atoms with Crippen LogP contribution in [0.1, 0.15) is 44.7 Å². The molecule has 1 N–H and O–H groups in total. The van der Waals surface area contributed by atoms with Gasteiger partial charge in [0.25, 0.3) is 12.3 Å². The molecular formula is C18H20ClF2N5O2. The van der Waals surface area contributed by atoms with E-state index in [0.29, 0.717) is 5.41 Å². The van der Waals surface area contributed by atoms with Crippen molar-refractivity contribution >= 4 is 23.5 Å². The van der Waals surface area contributed by atoms with Crippen LogP contribution < -0.4 is 5.32 Å². The van der Waals surface area contributed by atoms with E-state index in [1.54, 1.807) is 6.92 Å². The number of alkyl halides is 2. The number of amides is 1. The maximum absolute atomic E-state index is 13.2. The molecule has 0 unspecified atom stereocenters. The molecule has 2 fully saturated rings. The van der Waals surface area contributed by atoms with Crippen molar-refractivity contribution in [3.05, 3.63) is 23.0 Å². The molecule has 2 aliphatic rings. The van der Waals surface area contributed by atoms with Gasteiger partial charge >= 0.3 is 6.01 Å². The first-order chi connectivity index (χ1) is 13.4. The predicted octanol–water partition coefficient (Wildman–Crippen LogP) is 3.93. The largest absolute Gasteiger partial charge is 0.403 e. The van der Waals surface area contributed by atoms with E-state index in [2.05, 4.69) is 20.5 Å². The number of aromatic nitrogens is 3. The highest BCUT2D eigenvalue weighted by Crippen LogP contribution is 2.53. The number of carbonyl (C=O) groups is 1. The minimum atomic E-state index is -2.84. The number of hydrogen-bond donors (Lipinski definition) is 1. The van der Waals surface area contributed by atoms with Gasteiger partial charge in [0.05, 0.1) is 5.56 Å². The first-order valence-electron chi connectivity index (χ1n) is 9.21. The van der Waals surface area contributed by atoms with Crippen LogP contribution in [0.5, 0.6) is 0 Å². The highest BCUT2D eigenvalue weighted by Gasteiger charge is 2.45. The number of pyridine rings is 1. The van der Waals surface area contributed by atoms with Crippen molar-refractivity contribution in [1.29, 1.82) is 0 Å². The molecule has 150 valence electrons. The summed E-state index contributed by atoms with van der Waals surface area (Å²) in [6.45, 7) is 3.23. The first-order valence-corrected chi connectivity index (χ1v) is 9.58. The third-order valence-electron chi connectivity index (χ3n) is 5.56. The van der Waals surface area contributed by atoms with Crippen LogP contribution in [0, 0.1) is 5.41 Å². The summed E-state index contributed by atoms with van der Waals surface area (Å²) in [6, 6.07) is 2.14. The van der Waals surface area contributed by atoms with Gasteiger partial charge in [-0.05, 0) is 50.2 Å². The summed E-state index contributed by atoms with van der Waals surface area (Å²) < 4.78 is 31.8. The Morgan fingerprint density at radius 2 is 1.96 bits per heavy atom. The molecule has 1 saturated carbocycles. The lowest BCUT2D eigenvalue weighted by atomic mass is 9.93. The number of hydrogen-bond acceptors (Lipinski definition) is 6. The van der Waals surface area contributed by atoms with Gasteiger partial charge in [-0.25, -0.2) is 13.8 Å². The second kappa shape index (κ2) is 7.27. The maximum Gasteiger partial charge on any atom is 0.316 e. The third-order valence-corrected chi connectivity index (χ3v) is 5.77. The number of halogens is 3. The van der Waals surface area contributed by atoms with E-state index < -0.39 is 18.2 Å². The molecule has 1 spiro atoms. The lowest BCUT2D eigenvalue weighted by molar-refractivity contribution is -0.133. The summed E-state index contributed by atoms with van der Waals surface area (Å²) in [7, 11) is 0. The number of piperidine rings is 1. The highest BCUT2D eigenvalue weighted by atomic mass is 35.5. The fraction of sp³-hybridized carbons (Fsp3) is 0.556. The van der Waals surface area contributed by atoms with E-state index in [4.69, 9.17) is 16.0 Å². The van der Waals surface area contributed by atoms with Crippen molar-refractivity contribution in [2.45, 2.75) is 45.1 Å². The second-order valence-corrected chi connectivity index (χ2v) is 7.86. The van der Waals surface area contributed by atoms with E-state index in [9.17, 15) is 13.6 Å². The van der Waals surface area contributed by atoms with E-state index in [-0.39, 0.29) is 28.5 Å². The Bertz CT molecular complexity index is 877. The quantitative estimate of drug-likeness (QED) is 0.750. The van der Waals surface area contributed by atoms with Crippen molar-refractivity contribution in [2.75, 3.05) is 18.4 Å². The molecule has 2 aromatic rings. The normalized spacial score (nSPS) is 19.1. The average molecular weight is 412 g/mol. The van der Waals surface area contributed by atoms with Crippen LogP contribution in [0.25, 0.3) is 11.5 Å². The van der Waals surface area contributed by atoms with Crippen LogP contribution in [0.15, 0.2) is 16.5 Å². The Morgan fingerprint density at radius 3 is 2.61 bits per heavy atom. The number of likely N-dealkylation sites (tertiary alicyclic amines) is 1. The van der Waals surface area contributed by atoms with Gasteiger partial charge in [-0.15, -0.1) is 5.10 Å². The molecule has 1 atom stereocenters. The minimum absolute atomic E-state index is 0.00434. The first kappa shape index (κ1) is 19.0. The van der Waals surface area contributed by atoms with Gasteiger partial charge in [0.2, 0.25) is 5.91 Å². The molecule has 10 heteroatoms. The summed E-state index contributed by atoms with van der Waals surface area (Å²) in [6.07, 6.45) is 1.81. The van der Waals surface area contributed by atoms with E-state index in [0.717, 1.165) is 25.9 Å². The third kappa shape index (κ3) is 3.80. The summed E-state index contributed by atoms with van der Waals surface area (Å²) >= 11 is 5.69. The summed E-state index contributed by atoms with van der Waals surface area (Å²) in [5.41, 5.74) is -0.0389. The fourth-order valence-electron chi connectivity index (χ4n) is 3.59. The van der Waals surface area contributed by atoms with Gasteiger partial charge in [0.1, 0.15) is 16.9 Å². The maximum atomic E-state index is 13.2. The Labute approximate surface area is 165 Å². The van der Waals surface area contributed by atoms with Gasteiger partial charge in [-0.2, -0.15) is 0 Å². The van der Waals surface area contributed by atoms with Gasteiger partial charge in [-0.3, -0.25) is 4.79 Å². The Morgan fingerprint density at radius 1 is 1.25 bits per heavy atom. The molecule has 0 radical (unpaired) electrons. The number of nitrogens with zero attached hydrogens (tertiary/aromatic N) is 4. The van der Waals surface area contributed by atoms with Gasteiger partial charge in [0, 0.05) is 13.1 Å². The topological polar surface area (TPSA) is 84.1 Å². The fourth-order valence-corrected chi connectivity index (χ4v) is 3.74. The molecule has 2 aromatic heterocycles. The molecule has 1 aliphatic heterocycles. The van der Waals surface area contributed by atoms with Crippen LogP contribution >= 0.6 is 11.6 Å². The Balaban J connectivity index is 1.43. The summed E-state index contributed by atoms with van der Waals surface area (Å²) in [4.78, 5) is 18.1. The number of nitrogens with one attached hydrogen (secondary N) is 1. The Kier molecular flexibility index (Phi) is 4.95. The standard InChI is InChI=1S/C18H20ClF2N5O2/c1-10(16(27)26-8-6-18(4-5-18)7-9-26)22-17-25-24-15(28-17)11-2-3-12(19)23-13(11)14(20)21/h2-3,10,14H,4-9H2,1H3,(H,22,25)/t10-/m0/s1. The van der Waals surface area contributed by atoms with Gasteiger partial charge in [-0.1, -0.05) is 16.7 Å².